The highest BCUT2D eigenvalue weighted by molar-refractivity contribution is 5.57. The summed E-state index contributed by atoms with van der Waals surface area (Å²) >= 11 is 0. The minimum Gasteiger partial charge on any atom is -0.508 e. The molecule has 0 amide bonds. The van der Waals surface area contributed by atoms with Gasteiger partial charge in [-0.05, 0) is 30.3 Å². The Morgan fingerprint density at radius 2 is 1.68 bits per heavy atom. The summed E-state index contributed by atoms with van der Waals surface area (Å²) in [6, 6.07) is 19.4. The zero-order valence-corrected chi connectivity index (χ0v) is 13.1. The number of hydrogen-bond acceptors (Lipinski definition) is 4. The van der Waals surface area contributed by atoms with Gasteiger partial charge in [0.05, 0.1) is 23.3 Å². The van der Waals surface area contributed by atoms with Gasteiger partial charge in [-0.3, -0.25) is 4.79 Å². The lowest BCUT2D eigenvalue weighted by atomic mass is 10.2. The molecule has 25 heavy (non-hydrogen) atoms. The summed E-state index contributed by atoms with van der Waals surface area (Å²) in [5.41, 5.74) is 2.19. The van der Waals surface area contributed by atoms with Crippen LogP contribution in [0.5, 0.6) is 5.75 Å². The van der Waals surface area contributed by atoms with Gasteiger partial charge in [-0.15, -0.1) is 0 Å². The molecule has 0 saturated heterocycles. The smallest absolute Gasteiger partial charge is 0.209 e. The highest BCUT2D eigenvalue weighted by Gasteiger charge is 2.13. The number of aromatic hydroxyl groups is 1. The van der Waals surface area contributed by atoms with E-state index >= 15 is 0 Å². The fourth-order valence-electron chi connectivity index (χ4n) is 2.62. The van der Waals surface area contributed by atoms with Crippen LogP contribution in [-0.2, 0) is 0 Å². The number of hydrogen-bond donors (Lipinski definition) is 1. The van der Waals surface area contributed by atoms with Crippen LogP contribution in [-0.4, -0.2) is 24.7 Å². The SMILES string of the molecule is O=c1ccn(-c2cccc(O)c2)nc1-c1ccnn1-c1ccccc1. The molecule has 0 spiro atoms. The molecule has 0 aliphatic heterocycles. The highest BCUT2D eigenvalue weighted by atomic mass is 16.3. The Labute approximate surface area is 143 Å². The molecule has 2 aromatic heterocycles. The molecule has 1 N–H and O–H groups in total. The van der Waals surface area contributed by atoms with Crippen molar-refractivity contribution in [3.05, 3.63) is 89.3 Å². The first-order valence-electron chi connectivity index (χ1n) is 7.71. The molecule has 0 aliphatic rings. The quantitative estimate of drug-likeness (QED) is 0.627. The van der Waals surface area contributed by atoms with Crippen molar-refractivity contribution < 1.29 is 5.11 Å². The van der Waals surface area contributed by atoms with E-state index in [0.29, 0.717) is 11.4 Å². The third-order valence-corrected chi connectivity index (χ3v) is 3.79. The minimum absolute atomic E-state index is 0.133. The summed E-state index contributed by atoms with van der Waals surface area (Å²) in [5, 5.41) is 18.4. The van der Waals surface area contributed by atoms with E-state index in [2.05, 4.69) is 10.2 Å². The van der Waals surface area contributed by atoms with Crippen LogP contribution in [0.4, 0.5) is 0 Å². The summed E-state index contributed by atoms with van der Waals surface area (Å²) in [5.74, 6) is 0.133. The molecule has 2 aromatic carbocycles. The topological polar surface area (TPSA) is 72.9 Å². The van der Waals surface area contributed by atoms with Crippen LogP contribution in [0.1, 0.15) is 0 Å². The van der Waals surface area contributed by atoms with Crippen LogP contribution < -0.4 is 5.43 Å². The molecule has 0 aliphatic carbocycles. The van der Waals surface area contributed by atoms with Crippen LogP contribution in [0.15, 0.2) is 83.9 Å². The molecule has 4 aromatic rings. The molecule has 122 valence electrons. The number of aromatic nitrogens is 4. The third kappa shape index (κ3) is 2.81. The van der Waals surface area contributed by atoms with Crippen molar-refractivity contribution in [2.45, 2.75) is 0 Å². The van der Waals surface area contributed by atoms with E-state index < -0.39 is 0 Å². The molecule has 6 heteroatoms. The molecule has 4 rings (SSSR count). The van der Waals surface area contributed by atoms with Gasteiger partial charge in [-0.1, -0.05) is 24.3 Å². The van der Waals surface area contributed by atoms with Crippen molar-refractivity contribution in [3.8, 4) is 28.5 Å². The average Bonchev–Trinajstić information content (AvgIpc) is 3.12. The van der Waals surface area contributed by atoms with Crippen LogP contribution >= 0.6 is 0 Å². The van der Waals surface area contributed by atoms with Crippen molar-refractivity contribution >= 4 is 0 Å². The van der Waals surface area contributed by atoms with Crippen molar-refractivity contribution in [2.75, 3.05) is 0 Å². The van der Waals surface area contributed by atoms with Crippen LogP contribution in [0, 0.1) is 0 Å². The summed E-state index contributed by atoms with van der Waals surface area (Å²) in [6.45, 7) is 0. The third-order valence-electron chi connectivity index (χ3n) is 3.79. The van der Waals surface area contributed by atoms with Gasteiger partial charge in [0.25, 0.3) is 0 Å². The maximum absolute atomic E-state index is 12.4. The molecular weight excluding hydrogens is 316 g/mol. The first-order chi connectivity index (χ1) is 12.2. The largest absolute Gasteiger partial charge is 0.508 e. The fraction of sp³-hybridized carbons (Fsp3) is 0. The Balaban J connectivity index is 1.86. The van der Waals surface area contributed by atoms with Crippen molar-refractivity contribution in [2.24, 2.45) is 0 Å². The van der Waals surface area contributed by atoms with Crippen LogP contribution in [0.3, 0.4) is 0 Å². The summed E-state index contributed by atoms with van der Waals surface area (Å²) < 4.78 is 3.23. The molecule has 0 radical (unpaired) electrons. The average molecular weight is 330 g/mol. The van der Waals surface area contributed by atoms with E-state index in [4.69, 9.17) is 0 Å². The summed E-state index contributed by atoms with van der Waals surface area (Å²) in [6.07, 6.45) is 3.21. The number of rotatable bonds is 3. The molecular formula is C19H14N4O2. The van der Waals surface area contributed by atoms with Gasteiger partial charge >= 0.3 is 0 Å². The predicted molar refractivity (Wildman–Crippen MR) is 94.1 cm³/mol. The molecule has 2 heterocycles. The van der Waals surface area contributed by atoms with E-state index in [0.717, 1.165) is 5.69 Å². The standard InChI is InChI=1S/C19H14N4O2/c24-16-8-4-7-15(13-16)22-12-10-18(25)19(21-22)17-9-11-20-23(17)14-5-2-1-3-6-14/h1-13,24H. The Morgan fingerprint density at radius 3 is 2.48 bits per heavy atom. The van der Waals surface area contributed by atoms with E-state index in [1.54, 1.807) is 52.1 Å². The normalized spacial score (nSPS) is 10.7. The zero-order valence-electron chi connectivity index (χ0n) is 13.1. The van der Waals surface area contributed by atoms with Gasteiger partial charge in [0.2, 0.25) is 5.43 Å². The van der Waals surface area contributed by atoms with Gasteiger partial charge in [0.15, 0.2) is 5.69 Å². The number of nitrogens with zero attached hydrogens (tertiary/aromatic N) is 4. The number of para-hydroxylation sites is 1. The Morgan fingerprint density at radius 1 is 0.880 bits per heavy atom. The minimum atomic E-state index is -0.200. The molecule has 6 nitrogen and oxygen atoms in total. The van der Waals surface area contributed by atoms with Gasteiger partial charge in [-0.25, -0.2) is 9.36 Å². The van der Waals surface area contributed by atoms with E-state index in [1.165, 1.54) is 6.07 Å². The first kappa shape index (κ1) is 14.9. The first-order valence-corrected chi connectivity index (χ1v) is 7.71. The van der Waals surface area contributed by atoms with Crippen molar-refractivity contribution in [1.29, 1.82) is 0 Å². The maximum atomic E-state index is 12.4. The number of phenolic OH excluding ortho intramolecular Hbond substituents is 1. The Bertz CT molecular complexity index is 1080. The van der Waals surface area contributed by atoms with Gasteiger partial charge in [-0.2, -0.15) is 10.2 Å². The molecule has 0 saturated carbocycles. The number of benzene rings is 2. The second kappa shape index (κ2) is 6.09. The summed E-state index contributed by atoms with van der Waals surface area (Å²) in [7, 11) is 0. The van der Waals surface area contributed by atoms with E-state index in [9.17, 15) is 9.90 Å². The lowest BCUT2D eigenvalue weighted by Gasteiger charge is -2.09. The van der Waals surface area contributed by atoms with Gasteiger partial charge in [0.1, 0.15) is 5.75 Å². The lowest BCUT2D eigenvalue weighted by molar-refractivity contribution is 0.475. The second-order valence-corrected chi connectivity index (χ2v) is 5.46. The zero-order chi connectivity index (χ0) is 17.2. The molecule has 0 fully saturated rings. The maximum Gasteiger partial charge on any atom is 0.209 e. The molecule has 0 atom stereocenters. The lowest BCUT2D eigenvalue weighted by Crippen LogP contribution is -2.14. The highest BCUT2D eigenvalue weighted by Crippen LogP contribution is 2.19. The molecule has 0 bridgehead atoms. The number of phenols is 1. The summed E-state index contributed by atoms with van der Waals surface area (Å²) in [4.78, 5) is 12.4. The van der Waals surface area contributed by atoms with Crippen LogP contribution in [0.25, 0.3) is 22.8 Å². The Hall–Kier alpha value is -3.67. The van der Waals surface area contributed by atoms with Gasteiger partial charge < -0.3 is 5.11 Å². The monoisotopic (exact) mass is 330 g/mol. The van der Waals surface area contributed by atoms with Gasteiger partial charge in [0, 0.05) is 18.3 Å². The van der Waals surface area contributed by atoms with E-state index in [-0.39, 0.29) is 16.9 Å². The second-order valence-electron chi connectivity index (χ2n) is 5.46. The molecule has 0 unspecified atom stereocenters. The predicted octanol–water partition coefficient (Wildman–Crippen LogP) is 2.79. The fourth-order valence-corrected chi connectivity index (χ4v) is 2.62. The van der Waals surface area contributed by atoms with Crippen LogP contribution in [0.2, 0.25) is 0 Å². The van der Waals surface area contributed by atoms with Crippen molar-refractivity contribution in [1.82, 2.24) is 19.6 Å². The van der Waals surface area contributed by atoms with E-state index in [1.807, 2.05) is 30.3 Å². The Kier molecular flexibility index (Phi) is 3.63. The van der Waals surface area contributed by atoms with Crippen molar-refractivity contribution in [3.63, 3.8) is 0 Å².